The lowest BCUT2D eigenvalue weighted by Gasteiger charge is -2.15. The average molecular weight is 360 g/mol. The number of hydrogen-bond donors (Lipinski definition) is 0. The summed E-state index contributed by atoms with van der Waals surface area (Å²) in [7, 11) is 2.11. The Balaban J connectivity index is 1.99. The van der Waals surface area contributed by atoms with E-state index in [4.69, 9.17) is 1.37 Å². The van der Waals surface area contributed by atoms with Crippen LogP contribution in [0.25, 0.3) is 22.0 Å². The molecule has 0 spiro atoms. The molecule has 1 aliphatic rings. The van der Waals surface area contributed by atoms with Crippen molar-refractivity contribution in [1.29, 1.82) is 0 Å². The number of aryl methyl sites for hydroxylation is 1. The molecule has 140 valence electrons. The fraction of sp³-hybridized carbons (Fsp3) is 0.423. The quantitative estimate of drug-likeness (QED) is 0.456. The summed E-state index contributed by atoms with van der Waals surface area (Å²) in [6.45, 7) is 8.73. The number of nitrogens with zero attached hydrogens (tertiary/aromatic N) is 1. The largest absolute Gasteiger partial charge is 0.220 e. The molecular formula is C26H32N+. The Bertz CT molecular complexity index is 1040. The molecule has 1 heterocycles. The topological polar surface area (TPSA) is 3.88 Å². The van der Waals surface area contributed by atoms with E-state index in [9.17, 15) is 0 Å². The molecule has 27 heavy (non-hydrogen) atoms. The first-order valence-electron chi connectivity index (χ1n) is 10.9. The van der Waals surface area contributed by atoms with Gasteiger partial charge < -0.3 is 0 Å². The molecule has 1 saturated carbocycles. The molecule has 0 N–H and O–H groups in total. The monoisotopic (exact) mass is 359 g/mol. The van der Waals surface area contributed by atoms with E-state index in [0.29, 0.717) is 17.9 Å². The van der Waals surface area contributed by atoms with Gasteiger partial charge in [-0.1, -0.05) is 51.0 Å². The molecule has 1 nitrogen and oxygen atoms in total. The van der Waals surface area contributed by atoms with Crippen LogP contribution in [-0.4, -0.2) is 0 Å². The minimum absolute atomic E-state index is 0.467. The predicted octanol–water partition coefficient (Wildman–Crippen LogP) is 6.73. The van der Waals surface area contributed by atoms with Gasteiger partial charge >= 0.3 is 0 Å². The highest BCUT2D eigenvalue weighted by atomic mass is 14.9. The zero-order valence-corrected chi connectivity index (χ0v) is 17.4. The Morgan fingerprint density at radius 3 is 2.48 bits per heavy atom. The van der Waals surface area contributed by atoms with Gasteiger partial charge in [0.05, 0.1) is 6.76 Å². The summed E-state index contributed by atoms with van der Waals surface area (Å²) in [4.78, 5) is 0. The highest BCUT2D eigenvalue weighted by Crippen LogP contribution is 2.37. The first-order valence-corrected chi connectivity index (χ1v) is 10.4. The Kier molecular flexibility index (Phi) is 4.47. The van der Waals surface area contributed by atoms with Gasteiger partial charge in [-0.25, -0.2) is 0 Å². The fourth-order valence-electron chi connectivity index (χ4n) is 4.59. The van der Waals surface area contributed by atoms with E-state index < -0.39 is 0 Å². The second-order valence-electron chi connectivity index (χ2n) is 8.63. The molecule has 1 aromatic heterocycles. The van der Waals surface area contributed by atoms with E-state index in [1.54, 1.807) is 0 Å². The third-order valence-electron chi connectivity index (χ3n) is 6.46. The van der Waals surface area contributed by atoms with E-state index in [-0.39, 0.29) is 0 Å². The van der Waals surface area contributed by atoms with Crippen molar-refractivity contribution in [3.05, 3.63) is 64.8 Å². The van der Waals surface area contributed by atoms with Crippen LogP contribution in [0.2, 0.25) is 0 Å². The molecule has 0 radical (unpaired) electrons. The van der Waals surface area contributed by atoms with Crippen LogP contribution in [0.3, 0.4) is 0 Å². The Morgan fingerprint density at radius 1 is 1.04 bits per heavy atom. The lowest BCUT2D eigenvalue weighted by molar-refractivity contribution is -0.665. The Morgan fingerprint density at radius 2 is 1.78 bits per heavy atom. The summed E-state index contributed by atoms with van der Waals surface area (Å²) in [6.07, 6.45) is 5.35. The highest BCUT2D eigenvalue weighted by Gasteiger charge is 2.23. The number of aromatic nitrogens is 1. The van der Waals surface area contributed by atoms with E-state index in [0.717, 1.165) is 11.1 Å². The zero-order chi connectivity index (χ0) is 20.0. The van der Waals surface area contributed by atoms with Crippen molar-refractivity contribution in [2.45, 2.75) is 65.2 Å². The minimum Gasteiger partial charge on any atom is -0.198 e. The van der Waals surface area contributed by atoms with E-state index >= 15 is 0 Å². The molecule has 1 fully saturated rings. The number of fused-ring (bicyclic) bond motifs is 1. The smallest absolute Gasteiger partial charge is 0.198 e. The third kappa shape index (κ3) is 3.29. The van der Waals surface area contributed by atoms with Crippen LogP contribution in [0.5, 0.6) is 0 Å². The Labute approximate surface area is 165 Å². The molecule has 0 amide bonds. The molecule has 0 aliphatic heterocycles. The van der Waals surface area contributed by atoms with Crippen LogP contribution in [0.1, 0.15) is 75.1 Å². The van der Waals surface area contributed by atoms with Gasteiger partial charge in [0.25, 0.3) is 0 Å². The van der Waals surface area contributed by atoms with Crippen LogP contribution in [0.4, 0.5) is 0 Å². The predicted molar refractivity (Wildman–Crippen MR) is 115 cm³/mol. The normalized spacial score (nSPS) is 15.7. The average Bonchev–Trinajstić information content (AvgIpc) is 3.22. The van der Waals surface area contributed by atoms with Crippen LogP contribution < -0.4 is 4.57 Å². The van der Waals surface area contributed by atoms with E-state index in [1.165, 1.54) is 59.0 Å². The first kappa shape index (κ1) is 17.0. The summed E-state index contributed by atoms with van der Waals surface area (Å²) >= 11 is 0. The van der Waals surface area contributed by atoms with Gasteiger partial charge in [0.15, 0.2) is 5.69 Å². The highest BCUT2D eigenvalue weighted by molar-refractivity contribution is 5.94. The lowest BCUT2D eigenvalue weighted by Crippen LogP contribution is -2.35. The molecular weight excluding hydrogens is 326 g/mol. The molecule has 0 atom stereocenters. The summed E-state index contributed by atoms with van der Waals surface area (Å²) in [5.41, 5.74) is 7.68. The second-order valence-corrected chi connectivity index (χ2v) is 8.63. The lowest BCUT2D eigenvalue weighted by atomic mass is 9.90. The summed E-state index contributed by atoms with van der Waals surface area (Å²) in [5.74, 6) is 1.17. The molecule has 2 aromatic carbocycles. The maximum atomic E-state index is 8.74. The number of hydrogen-bond acceptors (Lipinski definition) is 0. The van der Waals surface area contributed by atoms with Crippen molar-refractivity contribution in [3.8, 4) is 11.3 Å². The number of pyridine rings is 1. The maximum Gasteiger partial charge on any atom is 0.220 e. The van der Waals surface area contributed by atoms with Gasteiger partial charge in [0.2, 0.25) is 5.69 Å². The van der Waals surface area contributed by atoms with Gasteiger partial charge in [0.1, 0.15) is 7.05 Å². The van der Waals surface area contributed by atoms with Crippen molar-refractivity contribution in [2.75, 3.05) is 0 Å². The maximum absolute atomic E-state index is 8.74. The summed E-state index contributed by atoms with van der Waals surface area (Å²) in [6, 6.07) is 14.4. The molecule has 3 aromatic rings. The van der Waals surface area contributed by atoms with Gasteiger partial charge in [-0.05, 0) is 65.8 Å². The standard InChI is InChI=1S/C26H32N/c1-17(2)21-12-13-24-23(15-21)14-19(4)27(5)26(24)25-16-22(11-10-18(25)3)20-8-6-7-9-20/h10-17,20H,6-9H2,1-5H3/q+1/i14D. The summed E-state index contributed by atoms with van der Waals surface area (Å²) in [5, 5.41) is 2.26. The second kappa shape index (κ2) is 7.11. The van der Waals surface area contributed by atoms with Crippen molar-refractivity contribution in [2.24, 2.45) is 7.05 Å². The molecule has 1 aliphatic carbocycles. The van der Waals surface area contributed by atoms with E-state index in [1.807, 2.05) is 0 Å². The SMILES string of the molecule is [2H]c1c(C)[n+](C)c(-c2cc(C3CCCC3)ccc2C)c2ccc(C(C)C)cc12. The van der Waals surface area contributed by atoms with Crippen LogP contribution in [0.15, 0.2) is 42.4 Å². The van der Waals surface area contributed by atoms with Crippen LogP contribution >= 0.6 is 0 Å². The van der Waals surface area contributed by atoms with Gasteiger partial charge in [0, 0.05) is 18.5 Å². The van der Waals surface area contributed by atoms with Crippen LogP contribution in [0, 0.1) is 13.8 Å². The number of benzene rings is 2. The van der Waals surface area contributed by atoms with Gasteiger partial charge in [-0.15, -0.1) is 0 Å². The fourth-order valence-corrected chi connectivity index (χ4v) is 4.59. The van der Waals surface area contributed by atoms with E-state index in [2.05, 4.69) is 75.7 Å². The molecule has 4 rings (SSSR count). The first-order chi connectivity index (χ1) is 13.4. The van der Waals surface area contributed by atoms with Crippen molar-refractivity contribution in [3.63, 3.8) is 0 Å². The number of rotatable bonds is 3. The Hall–Kier alpha value is -2.15. The molecule has 1 heteroatoms. The minimum atomic E-state index is 0.467. The molecule has 0 saturated heterocycles. The van der Waals surface area contributed by atoms with Crippen molar-refractivity contribution < 1.29 is 5.94 Å². The molecule has 0 bridgehead atoms. The van der Waals surface area contributed by atoms with Gasteiger partial charge in [-0.2, -0.15) is 4.57 Å². The van der Waals surface area contributed by atoms with Crippen LogP contribution in [-0.2, 0) is 7.05 Å². The van der Waals surface area contributed by atoms with Crippen molar-refractivity contribution in [1.82, 2.24) is 0 Å². The van der Waals surface area contributed by atoms with Crippen molar-refractivity contribution >= 4 is 10.8 Å². The summed E-state index contributed by atoms with van der Waals surface area (Å²) < 4.78 is 11.0. The molecule has 0 unspecified atom stereocenters. The zero-order valence-electron chi connectivity index (χ0n) is 18.4. The van der Waals surface area contributed by atoms with Gasteiger partial charge in [-0.3, -0.25) is 0 Å². The third-order valence-corrected chi connectivity index (χ3v) is 6.46.